The molecule has 1 atom stereocenters. The van der Waals surface area contributed by atoms with Crippen LogP contribution in [0, 0.1) is 23.0 Å². The Morgan fingerprint density at radius 1 is 1.41 bits per heavy atom. The molecule has 146 valence electrons. The van der Waals surface area contributed by atoms with E-state index in [1.165, 1.54) is 21.6 Å². The molecule has 1 unspecified atom stereocenters. The first-order valence-corrected chi connectivity index (χ1v) is 8.54. The van der Waals surface area contributed by atoms with Crippen molar-refractivity contribution in [2.75, 3.05) is 11.9 Å². The molecule has 11 heteroatoms. The molecule has 0 aromatic carbocycles. The van der Waals surface area contributed by atoms with Gasteiger partial charge in [0.2, 0.25) is 5.91 Å². The van der Waals surface area contributed by atoms with E-state index in [1.54, 1.807) is 20.9 Å². The third-order valence-corrected chi connectivity index (χ3v) is 4.00. The molecule has 0 aliphatic heterocycles. The maximum absolute atomic E-state index is 12.5. The van der Waals surface area contributed by atoms with Gasteiger partial charge in [0.25, 0.3) is 5.91 Å². The highest BCUT2D eigenvalue weighted by Gasteiger charge is 2.23. The molecule has 2 aromatic rings. The van der Waals surface area contributed by atoms with Gasteiger partial charge >= 0.3 is 5.82 Å². The molecule has 0 bridgehead atoms. The number of nitrogens with zero attached hydrogens (tertiary/aromatic N) is 5. The number of carbonyl (C=O) groups is 2. The zero-order valence-electron chi connectivity index (χ0n) is 15.7. The quantitative estimate of drug-likeness (QED) is 0.524. The molecule has 0 aliphatic rings. The highest BCUT2D eigenvalue weighted by molar-refractivity contribution is 6.02. The predicted molar refractivity (Wildman–Crippen MR) is 97.2 cm³/mol. The fourth-order valence-corrected chi connectivity index (χ4v) is 2.49. The minimum atomic E-state index is -0.578. The monoisotopic (exact) mass is 377 g/mol. The van der Waals surface area contributed by atoms with E-state index in [9.17, 15) is 19.7 Å². The number of carbonyl (C=O) groups excluding carboxylic acids is 2. The Kier molecular flexibility index (Phi) is 6.27. The van der Waals surface area contributed by atoms with Crippen LogP contribution >= 0.6 is 0 Å². The van der Waals surface area contributed by atoms with Crippen molar-refractivity contribution in [1.82, 2.24) is 24.9 Å². The lowest BCUT2D eigenvalue weighted by Gasteiger charge is -2.12. The second-order valence-corrected chi connectivity index (χ2v) is 6.26. The van der Waals surface area contributed by atoms with E-state index in [4.69, 9.17) is 0 Å². The SMILES string of the molecule is CCCNC(=O)c1c(NC(=O)C(C)Cn2nc([N+](=O)[O-])cc2C)cnn1C. The molecule has 2 aromatic heterocycles. The first-order valence-electron chi connectivity index (χ1n) is 8.54. The summed E-state index contributed by atoms with van der Waals surface area (Å²) in [5, 5.41) is 24.2. The standard InChI is InChI=1S/C16H23N7O4/c1-5-6-17-16(25)14-12(8-18-21(14)4)19-15(24)10(2)9-22-11(3)7-13(20-22)23(26)27/h7-8,10H,5-6,9H2,1-4H3,(H,17,25)(H,19,24). The van der Waals surface area contributed by atoms with Crippen molar-refractivity contribution in [2.45, 2.75) is 33.7 Å². The van der Waals surface area contributed by atoms with Crippen LogP contribution in [0.15, 0.2) is 12.3 Å². The zero-order valence-corrected chi connectivity index (χ0v) is 15.7. The van der Waals surface area contributed by atoms with Gasteiger partial charge in [-0.1, -0.05) is 13.8 Å². The molecule has 27 heavy (non-hydrogen) atoms. The summed E-state index contributed by atoms with van der Waals surface area (Å²) in [5.41, 5.74) is 1.16. The Labute approximate surface area is 155 Å². The van der Waals surface area contributed by atoms with E-state index in [1.807, 2.05) is 6.92 Å². The Balaban J connectivity index is 2.09. The number of anilines is 1. The van der Waals surface area contributed by atoms with Crippen LogP contribution in [0.3, 0.4) is 0 Å². The molecule has 2 amide bonds. The van der Waals surface area contributed by atoms with Crippen molar-refractivity contribution in [3.63, 3.8) is 0 Å². The molecular formula is C16H23N7O4. The van der Waals surface area contributed by atoms with E-state index >= 15 is 0 Å². The fraction of sp³-hybridized carbons (Fsp3) is 0.500. The Morgan fingerprint density at radius 2 is 2.11 bits per heavy atom. The molecule has 0 saturated heterocycles. The van der Waals surface area contributed by atoms with Gasteiger partial charge < -0.3 is 20.7 Å². The highest BCUT2D eigenvalue weighted by Crippen LogP contribution is 2.17. The summed E-state index contributed by atoms with van der Waals surface area (Å²) in [7, 11) is 1.62. The second-order valence-electron chi connectivity index (χ2n) is 6.26. The third kappa shape index (κ3) is 4.68. The van der Waals surface area contributed by atoms with E-state index in [0.29, 0.717) is 17.9 Å². The lowest BCUT2D eigenvalue weighted by molar-refractivity contribution is -0.389. The molecule has 2 heterocycles. The second kappa shape index (κ2) is 8.43. The number of nitro groups is 1. The Hall–Kier alpha value is -3.24. The first-order chi connectivity index (χ1) is 12.7. The Bertz CT molecular complexity index is 855. The third-order valence-electron chi connectivity index (χ3n) is 4.00. The minimum Gasteiger partial charge on any atom is -0.358 e. The fourth-order valence-electron chi connectivity index (χ4n) is 2.49. The van der Waals surface area contributed by atoms with E-state index < -0.39 is 10.8 Å². The van der Waals surface area contributed by atoms with Gasteiger partial charge in [-0.25, -0.2) is 0 Å². The van der Waals surface area contributed by atoms with Crippen LogP contribution in [0.25, 0.3) is 0 Å². The lowest BCUT2D eigenvalue weighted by Crippen LogP contribution is -2.29. The van der Waals surface area contributed by atoms with Gasteiger partial charge in [0.05, 0.1) is 41.2 Å². The van der Waals surface area contributed by atoms with E-state index in [-0.39, 0.29) is 29.9 Å². The van der Waals surface area contributed by atoms with Gasteiger partial charge in [0.15, 0.2) is 0 Å². The van der Waals surface area contributed by atoms with Gasteiger partial charge in [0.1, 0.15) is 5.69 Å². The van der Waals surface area contributed by atoms with Gasteiger partial charge in [-0.15, -0.1) is 0 Å². The zero-order chi connectivity index (χ0) is 20.1. The summed E-state index contributed by atoms with van der Waals surface area (Å²) >= 11 is 0. The van der Waals surface area contributed by atoms with Crippen molar-refractivity contribution < 1.29 is 14.5 Å². The van der Waals surface area contributed by atoms with Gasteiger partial charge in [0, 0.05) is 13.6 Å². The number of amides is 2. The molecule has 0 aliphatic carbocycles. The summed E-state index contributed by atoms with van der Waals surface area (Å²) in [5.74, 6) is -1.46. The lowest BCUT2D eigenvalue weighted by atomic mass is 10.1. The number of nitrogens with one attached hydrogen (secondary N) is 2. The van der Waals surface area contributed by atoms with Crippen molar-refractivity contribution >= 4 is 23.3 Å². The summed E-state index contributed by atoms with van der Waals surface area (Å²) in [6.45, 7) is 5.99. The van der Waals surface area contributed by atoms with Crippen LogP contribution in [0.1, 0.15) is 36.5 Å². The maximum atomic E-state index is 12.5. The van der Waals surface area contributed by atoms with Crippen LogP contribution in [0.5, 0.6) is 0 Å². The molecular weight excluding hydrogens is 354 g/mol. The predicted octanol–water partition coefficient (Wildman–Crippen LogP) is 1.25. The number of hydrogen-bond acceptors (Lipinski definition) is 6. The van der Waals surface area contributed by atoms with E-state index in [2.05, 4.69) is 20.8 Å². The largest absolute Gasteiger partial charge is 0.390 e. The summed E-state index contributed by atoms with van der Waals surface area (Å²) in [6, 6.07) is 1.35. The number of aryl methyl sites for hydroxylation is 2. The maximum Gasteiger partial charge on any atom is 0.390 e. The normalized spacial score (nSPS) is 11.9. The van der Waals surface area contributed by atoms with Gasteiger partial charge in [-0.05, 0) is 18.3 Å². The summed E-state index contributed by atoms with van der Waals surface area (Å²) in [4.78, 5) is 35.0. The molecule has 11 nitrogen and oxygen atoms in total. The van der Waals surface area contributed by atoms with E-state index in [0.717, 1.165) is 6.42 Å². The van der Waals surface area contributed by atoms with Crippen molar-refractivity contribution in [3.8, 4) is 0 Å². The van der Waals surface area contributed by atoms with Crippen LogP contribution in [0.2, 0.25) is 0 Å². The molecule has 0 spiro atoms. The number of aromatic nitrogens is 4. The molecule has 0 fully saturated rings. The molecule has 0 radical (unpaired) electrons. The minimum absolute atomic E-state index is 0.170. The topological polar surface area (TPSA) is 137 Å². The molecule has 2 rings (SSSR count). The van der Waals surface area contributed by atoms with Crippen molar-refractivity contribution in [2.24, 2.45) is 13.0 Å². The summed E-state index contributed by atoms with van der Waals surface area (Å²) < 4.78 is 2.81. The smallest absolute Gasteiger partial charge is 0.358 e. The van der Waals surface area contributed by atoms with Crippen LogP contribution in [0.4, 0.5) is 11.5 Å². The van der Waals surface area contributed by atoms with Crippen molar-refractivity contribution in [3.05, 3.63) is 33.8 Å². The van der Waals surface area contributed by atoms with Crippen LogP contribution in [-0.2, 0) is 18.4 Å². The van der Waals surface area contributed by atoms with Crippen LogP contribution < -0.4 is 10.6 Å². The average molecular weight is 377 g/mol. The first kappa shape index (κ1) is 20.1. The van der Waals surface area contributed by atoms with Gasteiger partial charge in [-0.3, -0.25) is 14.3 Å². The van der Waals surface area contributed by atoms with Crippen LogP contribution in [-0.4, -0.2) is 42.8 Å². The number of hydrogen-bond donors (Lipinski definition) is 2. The molecule has 2 N–H and O–H groups in total. The number of rotatable bonds is 8. The highest BCUT2D eigenvalue weighted by atomic mass is 16.6. The average Bonchev–Trinajstić information content (AvgIpc) is 3.16. The summed E-state index contributed by atoms with van der Waals surface area (Å²) in [6.07, 6.45) is 2.20. The van der Waals surface area contributed by atoms with Gasteiger partial charge in [-0.2, -0.15) is 9.78 Å². The Morgan fingerprint density at radius 3 is 2.70 bits per heavy atom. The van der Waals surface area contributed by atoms with Crippen molar-refractivity contribution in [1.29, 1.82) is 0 Å². The molecule has 0 saturated carbocycles.